The predicted octanol–water partition coefficient (Wildman–Crippen LogP) is 4.35. The van der Waals surface area contributed by atoms with Crippen molar-refractivity contribution in [2.24, 2.45) is 0 Å². The van der Waals surface area contributed by atoms with Crippen molar-refractivity contribution in [3.05, 3.63) is 46.2 Å². The molecule has 0 fully saturated rings. The fraction of sp³-hybridized carbons (Fsp3) is 0.231. The second kappa shape index (κ2) is 5.88. The molecule has 0 unspecified atom stereocenters. The lowest BCUT2D eigenvalue weighted by atomic mass is 10.0. The van der Waals surface area contributed by atoms with Crippen LogP contribution in [-0.2, 0) is 6.54 Å². The summed E-state index contributed by atoms with van der Waals surface area (Å²) in [5, 5.41) is 5.65. The van der Waals surface area contributed by atoms with Gasteiger partial charge in [-0.25, -0.2) is 8.78 Å². The van der Waals surface area contributed by atoms with Crippen molar-refractivity contribution in [2.45, 2.75) is 12.7 Å². The Morgan fingerprint density at radius 1 is 1.05 bits per heavy atom. The highest BCUT2D eigenvalue weighted by Gasteiger charge is 2.26. The number of rotatable bonds is 4. The SMILES string of the molecule is Fc1ccc(-c2cscc2CNCC(F)(F)F)cc1F. The molecule has 2 rings (SSSR count). The molecular formula is C13H10F5NS. The molecule has 1 N–H and O–H groups in total. The zero-order chi connectivity index (χ0) is 14.8. The molecule has 7 heteroatoms. The van der Waals surface area contributed by atoms with Crippen molar-refractivity contribution in [1.82, 2.24) is 5.32 Å². The van der Waals surface area contributed by atoms with Crippen molar-refractivity contribution < 1.29 is 22.0 Å². The first-order valence-electron chi connectivity index (χ1n) is 5.65. The number of nitrogens with one attached hydrogen (secondary N) is 1. The standard InChI is InChI=1S/C13H10F5NS/c14-11-2-1-8(3-12(11)15)10-6-20-5-9(10)4-19-7-13(16,17)18/h1-3,5-6,19H,4,7H2. The van der Waals surface area contributed by atoms with Gasteiger partial charge in [0, 0.05) is 6.54 Å². The molecule has 20 heavy (non-hydrogen) atoms. The minimum Gasteiger partial charge on any atom is -0.305 e. The molecule has 0 radical (unpaired) electrons. The van der Waals surface area contributed by atoms with E-state index in [-0.39, 0.29) is 6.54 Å². The highest BCUT2D eigenvalue weighted by Crippen LogP contribution is 2.28. The average Bonchev–Trinajstić information content (AvgIpc) is 2.79. The van der Waals surface area contributed by atoms with Crippen molar-refractivity contribution in [1.29, 1.82) is 0 Å². The Morgan fingerprint density at radius 3 is 2.45 bits per heavy atom. The molecular weight excluding hydrogens is 297 g/mol. The van der Waals surface area contributed by atoms with E-state index in [0.29, 0.717) is 16.7 Å². The second-order valence-corrected chi connectivity index (χ2v) is 4.90. The molecule has 0 amide bonds. The van der Waals surface area contributed by atoms with Gasteiger partial charge in [0.1, 0.15) is 0 Å². The lowest BCUT2D eigenvalue weighted by Crippen LogP contribution is -2.28. The fourth-order valence-corrected chi connectivity index (χ4v) is 2.58. The quantitative estimate of drug-likeness (QED) is 0.828. The molecule has 108 valence electrons. The van der Waals surface area contributed by atoms with Gasteiger partial charge in [-0.1, -0.05) is 6.07 Å². The Kier molecular flexibility index (Phi) is 4.39. The van der Waals surface area contributed by atoms with Gasteiger partial charge in [0.05, 0.1) is 6.54 Å². The van der Waals surface area contributed by atoms with Gasteiger partial charge in [0.15, 0.2) is 11.6 Å². The topological polar surface area (TPSA) is 12.0 Å². The van der Waals surface area contributed by atoms with Gasteiger partial charge in [0.2, 0.25) is 0 Å². The van der Waals surface area contributed by atoms with Gasteiger partial charge in [-0.05, 0) is 39.6 Å². The fourth-order valence-electron chi connectivity index (χ4n) is 1.72. The largest absolute Gasteiger partial charge is 0.401 e. The molecule has 1 aromatic carbocycles. The van der Waals surface area contributed by atoms with Crippen molar-refractivity contribution >= 4 is 11.3 Å². The molecule has 0 aliphatic carbocycles. The van der Waals surface area contributed by atoms with E-state index in [1.165, 1.54) is 17.4 Å². The molecule has 0 spiro atoms. The van der Waals surface area contributed by atoms with Crippen LogP contribution in [-0.4, -0.2) is 12.7 Å². The van der Waals surface area contributed by atoms with E-state index in [1.54, 1.807) is 10.8 Å². The third-order valence-electron chi connectivity index (χ3n) is 2.61. The van der Waals surface area contributed by atoms with Crippen LogP contribution in [0, 0.1) is 11.6 Å². The van der Waals surface area contributed by atoms with E-state index in [4.69, 9.17) is 0 Å². The van der Waals surface area contributed by atoms with Gasteiger partial charge in [0.25, 0.3) is 0 Å². The maximum Gasteiger partial charge on any atom is 0.401 e. The molecule has 0 saturated carbocycles. The van der Waals surface area contributed by atoms with Crippen molar-refractivity contribution in [3.8, 4) is 11.1 Å². The molecule has 0 bridgehead atoms. The monoisotopic (exact) mass is 307 g/mol. The average molecular weight is 307 g/mol. The van der Waals surface area contributed by atoms with Crippen LogP contribution in [0.3, 0.4) is 0 Å². The Balaban J connectivity index is 2.14. The summed E-state index contributed by atoms with van der Waals surface area (Å²) in [4.78, 5) is 0. The van der Waals surface area contributed by atoms with Crippen LogP contribution in [0.2, 0.25) is 0 Å². The summed E-state index contributed by atoms with van der Waals surface area (Å²) in [6.45, 7) is -1.09. The summed E-state index contributed by atoms with van der Waals surface area (Å²) in [5.41, 5.74) is 1.66. The Bertz CT molecular complexity index is 591. The number of alkyl halides is 3. The van der Waals surface area contributed by atoms with Crippen molar-refractivity contribution in [3.63, 3.8) is 0 Å². The van der Waals surface area contributed by atoms with Gasteiger partial charge in [-0.15, -0.1) is 0 Å². The van der Waals surface area contributed by atoms with Gasteiger partial charge >= 0.3 is 6.18 Å². The van der Waals surface area contributed by atoms with Crippen LogP contribution in [0.1, 0.15) is 5.56 Å². The maximum absolute atomic E-state index is 13.2. The number of thiophene rings is 1. The summed E-state index contributed by atoms with van der Waals surface area (Å²) in [7, 11) is 0. The molecule has 1 aromatic heterocycles. The normalized spacial score (nSPS) is 11.8. The number of hydrogen-bond donors (Lipinski definition) is 1. The minimum atomic E-state index is -4.28. The number of hydrogen-bond acceptors (Lipinski definition) is 2. The first-order valence-corrected chi connectivity index (χ1v) is 6.59. The third-order valence-corrected chi connectivity index (χ3v) is 3.41. The smallest absolute Gasteiger partial charge is 0.305 e. The molecule has 2 aromatic rings. The highest BCUT2D eigenvalue weighted by atomic mass is 32.1. The zero-order valence-electron chi connectivity index (χ0n) is 10.1. The van der Waals surface area contributed by atoms with Crippen LogP contribution in [0.25, 0.3) is 11.1 Å². The molecule has 0 aliphatic rings. The van der Waals surface area contributed by atoms with Gasteiger partial charge in [-0.2, -0.15) is 24.5 Å². The van der Waals surface area contributed by atoms with Crippen LogP contribution in [0.5, 0.6) is 0 Å². The molecule has 1 nitrogen and oxygen atoms in total. The Hall–Kier alpha value is -1.47. The van der Waals surface area contributed by atoms with Crippen LogP contribution in [0.4, 0.5) is 22.0 Å². The van der Waals surface area contributed by atoms with E-state index < -0.39 is 24.4 Å². The second-order valence-electron chi connectivity index (χ2n) is 4.16. The van der Waals surface area contributed by atoms with Gasteiger partial charge < -0.3 is 5.32 Å². The summed E-state index contributed by atoms with van der Waals surface area (Å²) < 4.78 is 62.2. The van der Waals surface area contributed by atoms with Crippen LogP contribution >= 0.6 is 11.3 Å². The summed E-state index contributed by atoms with van der Waals surface area (Å²) >= 11 is 1.29. The van der Waals surface area contributed by atoms with Crippen LogP contribution in [0.15, 0.2) is 29.0 Å². The van der Waals surface area contributed by atoms with Crippen molar-refractivity contribution in [2.75, 3.05) is 6.54 Å². The summed E-state index contributed by atoms with van der Waals surface area (Å²) in [5.74, 6) is -1.94. The Morgan fingerprint density at radius 2 is 1.80 bits per heavy atom. The predicted molar refractivity (Wildman–Crippen MR) is 67.4 cm³/mol. The highest BCUT2D eigenvalue weighted by molar-refractivity contribution is 7.08. The van der Waals surface area contributed by atoms with Gasteiger partial charge in [-0.3, -0.25) is 0 Å². The molecule has 1 heterocycles. The molecule has 0 saturated heterocycles. The lowest BCUT2D eigenvalue weighted by molar-refractivity contribution is -0.125. The number of halogens is 5. The van der Waals surface area contributed by atoms with E-state index in [9.17, 15) is 22.0 Å². The first kappa shape index (κ1) is 14.9. The lowest BCUT2D eigenvalue weighted by Gasteiger charge is -2.09. The molecule has 0 aliphatic heterocycles. The maximum atomic E-state index is 13.2. The van der Waals surface area contributed by atoms with Crippen LogP contribution < -0.4 is 5.32 Å². The van der Waals surface area contributed by atoms with E-state index in [0.717, 1.165) is 12.1 Å². The summed E-state index contributed by atoms with van der Waals surface area (Å²) in [6.07, 6.45) is -4.28. The van der Waals surface area contributed by atoms with E-state index in [1.807, 2.05) is 0 Å². The Labute approximate surface area is 116 Å². The number of benzene rings is 1. The zero-order valence-corrected chi connectivity index (χ0v) is 10.9. The third kappa shape index (κ3) is 3.77. The first-order chi connectivity index (χ1) is 9.37. The summed E-state index contributed by atoms with van der Waals surface area (Å²) in [6, 6.07) is 3.42. The molecule has 0 atom stereocenters. The minimum absolute atomic E-state index is 0.0112. The van der Waals surface area contributed by atoms with E-state index in [2.05, 4.69) is 5.32 Å². The van der Waals surface area contributed by atoms with E-state index >= 15 is 0 Å².